The van der Waals surface area contributed by atoms with Crippen molar-refractivity contribution in [3.05, 3.63) is 29.6 Å². The zero-order valence-corrected chi connectivity index (χ0v) is 10.5. The molecule has 0 saturated heterocycles. The summed E-state index contributed by atoms with van der Waals surface area (Å²) in [6.45, 7) is 2.00. The third kappa shape index (κ3) is 2.85. The number of nitrogens with one attached hydrogen (secondary N) is 1. The average Bonchev–Trinajstić information content (AvgIpc) is 3.22. The van der Waals surface area contributed by atoms with Crippen LogP contribution in [0.15, 0.2) is 18.3 Å². The molecule has 0 spiro atoms. The largest absolute Gasteiger partial charge is 0.465 e. The van der Waals surface area contributed by atoms with Gasteiger partial charge in [0.2, 0.25) is 0 Å². The van der Waals surface area contributed by atoms with E-state index in [0.29, 0.717) is 17.2 Å². The van der Waals surface area contributed by atoms with Crippen molar-refractivity contribution in [1.29, 1.82) is 0 Å². The first-order chi connectivity index (χ1) is 8.61. The van der Waals surface area contributed by atoms with Crippen LogP contribution in [0.1, 0.15) is 40.6 Å². The fraction of sp³-hybridized carbons (Fsp3) is 0.462. The van der Waals surface area contributed by atoms with E-state index in [2.05, 4.69) is 15.0 Å². The molecule has 5 nitrogen and oxygen atoms in total. The molecular weight excluding hydrogens is 232 g/mol. The van der Waals surface area contributed by atoms with Crippen molar-refractivity contribution < 1.29 is 14.3 Å². The van der Waals surface area contributed by atoms with Gasteiger partial charge < -0.3 is 10.1 Å². The van der Waals surface area contributed by atoms with E-state index >= 15 is 0 Å². The minimum atomic E-state index is -0.458. The fourth-order valence-corrected chi connectivity index (χ4v) is 1.76. The van der Waals surface area contributed by atoms with Crippen molar-refractivity contribution in [1.82, 2.24) is 10.3 Å². The van der Waals surface area contributed by atoms with Gasteiger partial charge in [0.25, 0.3) is 5.91 Å². The monoisotopic (exact) mass is 248 g/mol. The number of rotatable bonds is 4. The second-order valence-electron chi connectivity index (χ2n) is 4.52. The summed E-state index contributed by atoms with van der Waals surface area (Å²) < 4.78 is 4.56. The smallest absolute Gasteiger partial charge is 0.339 e. The maximum atomic E-state index is 11.8. The molecule has 0 aromatic carbocycles. The number of pyridine rings is 1. The van der Waals surface area contributed by atoms with Crippen molar-refractivity contribution >= 4 is 11.9 Å². The highest BCUT2D eigenvalue weighted by molar-refractivity contribution is 5.94. The van der Waals surface area contributed by atoms with Gasteiger partial charge in [-0.05, 0) is 37.8 Å². The predicted molar refractivity (Wildman–Crippen MR) is 65.2 cm³/mol. The molecule has 1 unspecified atom stereocenters. The molecule has 1 amide bonds. The Kier molecular flexibility index (Phi) is 3.60. The Morgan fingerprint density at radius 3 is 2.67 bits per heavy atom. The molecule has 1 aliphatic rings. The lowest BCUT2D eigenvalue weighted by Crippen LogP contribution is -2.34. The number of nitrogens with zero attached hydrogens (tertiary/aromatic N) is 1. The summed E-state index contributed by atoms with van der Waals surface area (Å²) in [5.41, 5.74) is 0.652. The number of hydrogen-bond acceptors (Lipinski definition) is 4. The first kappa shape index (κ1) is 12.5. The van der Waals surface area contributed by atoms with E-state index in [1.165, 1.54) is 38.3 Å². The van der Waals surface area contributed by atoms with E-state index in [4.69, 9.17) is 0 Å². The standard InChI is InChI=1S/C13H16N2O3/c1-8(9-3-4-9)15-12(16)11-6-5-10(7-14-11)13(17)18-2/h5-9H,3-4H2,1-2H3,(H,15,16). The normalized spacial score (nSPS) is 15.9. The third-order valence-corrected chi connectivity index (χ3v) is 3.11. The minimum absolute atomic E-state index is 0.180. The van der Waals surface area contributed by atoms with Gasteiger partial charge in [-0.25, -0.2) is 4.79 Å². The highest BCUT2D eigenvalue weighted by Crippen LogP contribution is 2.32. The van der Waals surface area contributed by atoms with Gasteiger partial charge in [-0.2, -0.15) is 0 Å². The van der Waals surface area contributed by atoms with Crippen LogP contribution < -0.4 is 5.32 Å². The van der Waals surface area contributed by atoms with Crippen LogP contribution in [0, 0.1) is 5.92 Å². The van der Waals surface area contributed by atoms with Gasteiger partial charge in [-0.1, -0.05) is 0 Å². The zero-order valence-electron chi connectivity index (χ0n) is 10.5. The molecule has 0 aliphatic heterocycles. The Hall–Kier alpha value is -1.91. The maximum absolute atomic E-state index is 11.8. The number of carbonyl (C=O) groups excluding carboxylic acids is 2. The molecule has 1 aromatic rings. The number of hydrogen-bond donors (Lipinski definition) is 1. The van der Waals surface area contributed by atoms with Crippen LogP contribution in [-0.2, 0) is 4.74 Å². The second kappa shape index (κ2) is 5.16. The number of esters is 1. The molecule has 0 radical (unpaired) electrons. The summed E-state index contributed by atoms with van der Waals surface area (Å²) >= 11 is 0. The van der Waals surface area contributed by atoms with E-state index in [-0.39, 0.29) is 11.9 Å². The number of ether oxygens (including phenoxy) is 1. The van der Waals surface area contributed by atoms with Gasteiger partial charge in [-0.15, -0.1) is 0 Å². The molecule has 1 N–H and O–H groups in total. The molecule has 1 heterocycles. The molecule has 1 aromatic heterocycles. The lowest BCUT2D eigenvalue weighted by Gasteiger charge is -2.12. The van der Waals surface area contributed by atoms with Gasteiger partial charge in [-0.3, -0.25) is 9.78 Å². The molecule has 96 valence electrons. The van der Waals surface area contributed by atoms with E-state index in [0.717, 1.165) is 0 Å². The number of aromatic nitrogens is 1. The van der Waals surface area contributed by atoms with E-state index in [9.17, 15) is 9.59 Å². The SMILES string of the molecule is COC(=O)c1ccc(C(=O)NC(C)C2CC2)nc1. The quantitative estimate of drug-likeness (QED) is 0.818. The molecule has 1 saturated carbocycles. The second-order valence-corrected chi connectivity index (χ2v) is 4.52. The minimum Gasteiger partial charge on any atom is -0.465 e. The molecule has 1 aliphatic carbocycles. The van der Waals surface area contributed by atoms with Crippen LogP contribution in [-0.4, -0.2) is 30.0 Å². The van der Waals surface area contributed by atoms with Gasteiger partial charge >= 0.3 is 5.97 Å². The predicted octanol–water partition coefficient (Wildman–Crippen LogP) is 1.40. The molecule has 2 rings (SSSR count). The summed E-state index contributed by atoms with van der Waals surface area (Å²) in [6.07, 6.45) is 3.70. The Morgan fingerprint density at radius 1 is 1.44 bits per heavy atom. The molecule has 18 heavy (non-hydrogen) atoms. The highest BCUT2D eigenvalue weighted by Gasteiger charge is 2.29. The van der Waals surface area contributed by atoms with Crippen LogP contribution in [0.25, 0.3) is 0 Å². The van der Waals surface area contributed by atoms with Crippen LogP contribution in [0.4, 0.5) is 0 Å². The molecular formula is C13H16N2O3. The number of carbonyl (C=O) groups is 2. The van der Waals surface area contributed by atoms with Crippen molar-refractivity contribution in [2.75, 3.05) is 7.11 Å². The first-order valence-corrected chi connectivity index (χ1v) is 5.97. The van der Waals surface area contributed by atoms with Gasteiger partial charge in [0.05, 0.1) is 12.7 Å². The van der Waals surface area contributed by atoms with Crippen molar-refractivity contribution in [2.45, 2.75) is 25.8 Å². The molecule has 5 heteroatoms. The summed E-state index contributed by atoms with van der Waals surface area (Å²) in [4.78, 5) is 27.0. The summed E-state index contributed by atoms with van der Waals surface area (Å²) in [6, 6.07) is 3.25. The van der Waals surface area contributed by atoms with Crippen LogP contribution in [0.2, 0.25) is 0 Å². The highest BCUT2D eigenvalue weighted by atomic mass is 16.5. The summed E-state index contributed by atoms with van der Waals surface area (Å²) in [5, 5.41) is 2.90. The molecule has 1 fully saturated rings. The number of methoxy groups -OCH3 is 1. The summed E-state index contributed by atoms with van der Waals surface area (Å²) in [7, 11) is 1.31. The van der Waals surface area contributed by atoms with E-state index in [1.807, 2.05) is 6.92 Å². The number of amides is 1. The third-order valence-electron chi connectivity index (χ3n) is 3.11. The van der Waals surface area contributed by atoms with E-state index in [1.54, 1.807) is 0 Å². The lowest BCUT2D eigenvalue weighted by atomic mass is 10.2. The topological polar surface area (TPSA) is 68.3 Å². The molecule has 0 bridgehead atoms. The Balaban J connectivity index is 1.99. The first-order valence-electron chi connectivity index (χ1n) is 5.97. The van der Waals surface area contributed by atoms with Crippen LogP contribution >= 0.6 is 0 Å². The zero-order chi connectivity index (χ0) is 13.1. The van der Waals surface area contributed by atoms with Gasteiger partial charge in [0, 0.05) is 12.2 Å². The Bertz CT molecular complexity index is 452. The fourth-order valence-electron chi connectivity index (χ4n) is 1.76. The van der Waals surface area contributed by atoms with E-state index < -0.39 is 5.97 Å². The van der Waals surface area contributed by atoms with Crippen LogP contribution in [0.5, 0.6) is 0 Å². The maximum Gasteiger partial charge on any atom is 0.339 e. The summed E-state index contributed by atoms with van der Waals surface area (Å²) in [5.74, 6) is -0.0603. The van der Waals surface area contributed by atoms with Crippen molar-refractivity contribution in [2.24, 2.45) is 5.92 Å². The Morgan fingerprint density at radius 2 is 2.17 bits per heavy atom. The van der Waals surface area contributed by atoms with Crippen molar-refractivity contribution in [3.8, 4) is 0 Å². The van der Waals surface area contributed by atoms with Gasteiger partial charge in [0.15, 0.2) is 0 Å². The lowest BCUT2D eigenvalue weighted by molar-refractivity contribution is 0.0599. The van der Waals surface area contributed by atoms with Gasteiger partial charge in [0.1, 0.15) is 5.69 Å². The van der Waals surface area contributed by atoms with Crippen molar-refractivity contribution in [3.63, 3.8) is 0 Å². The molecule has 1 atom stereocenters. The Labute approximate surface area is 106 Å². The van der Waals surface area contributed by atoms with Crippen LogP contribution in [0.3, 0.4) is 0 Å². The average molecular weight is 248 g/mol.